The second kappa shape index (κ2) is 14.8. The Balaban J connectivity index is 1.80. The van der Waals surface area contributed by atoms with Crippen molar-refractivity contribution < 1.29 is 14.3 Å². The Labute approximate surface area is 189 Å². The van der Waals surface area contributed by atoms with Crippen molar-refractivity contribution in [1.29, 1.82) is 0 Å². The van der Waals surface area contributed by atoms with Gasteiger partial charge in [-0.05, 0) is 43.0 Å². The van der Waals surface area contributed by atoms with E-state index in [2.05, 4.69) is 26.0 Å². The third-order valence-corrected chi connectivity index (χ3v) is 5.61. The van der Waals surface area contributed by atoms with Crippen LogP contribution in [0.5, 0.6) is 5.75 Å². The number of Topliss-reactive ketones (excluding diaryl/α,β-unsaturated/α-hetero) is 1. The van der Waals surface area contributed by atoms with Crippen LogP contribution >= 0.6 is 0 Å². The summed E-state index contributed by atoms with van der Waals surface area (Å²) in [4.78, 5) is 12.6. The first kappa shape index (κ1) is 25.1. The minimum atomic E-state index is -0.397. The minimum Gasteiger partial charge on any atom is -0.494 e. The smallest absolute Gasteiger partial charge is 0.191 e. The van der Waals surface area contributed by atoms with Gasteiger partial charge >= 0.3 is 0 Å². The number of ketones is 1. The number of hydrogen-bond acceptors (Lipinski definition) is 3. The van der Waals surface area contributed by atoms with E-state index in [1.165, 1.54) is 38.5 Å². The first-order valence-corrected chi connectivity index (χ1v) is 12.1. The number of unbranched alkanes of at least 4 members (excludes halogenated alkanes) is 7. The molecule has 170 valence electrons. The van der Waals surface area contributed by atoms with E-state index in [0.717, 1.165) is 42.7 Å². The van der Waals surface area contributed by atoms with Crippen molar-refractivity contribution in [2.24, 2.45) is 0 Å². The lowest BCUT2D eigenvalue weighted by molar-refractivity contribution is 0.0464. The van der Waals surface area contributed by atoms with Crippen molar-refractivity contribution in [3.63, 3.8) is 0 Å². The molecule has 0 saturated carbocycles. The van der Waals surface area contributed by atoms with E-state index in [1.54, 1.807) is 0 Å². The van der Waals surface area contributed by atoms with E-state index in [4.69, 9.17) is 9.47 Å². The lowest BCUT2D eigenvalue weighted by Crippen LogP contribution is -2.21. The maximum Gasteiger partial charge on any atom is 0.191 e. The predicted octanol–water partition coefficient (Wildman–Crippen LogP) is 7.87. The molecule has 2 aromatic carbocycles. The largest absolute Gasteiger partial charge is 0.494 e. The summed E-state index contributed by atoms with van der Waals surface area (Å²) in [6.45, 7) is 7.69. The SMILES string of the molecule is CCCCCCCOc1ccc(-c2ccc(C(=O)C(C)OCCCCCC)cc2)cc1. The fourth-order valence-electron chi connectivity index (χ4n) is 3.57. The standard InChI is InChI=1S/C28H40O3/c1-4-6-8-10-12-22-31-27-19-17-25(18-20-27)24-13-15-26(16-14-24)28(29)23(3)30-21-11-9-7-5-2/h13-20,23H,4-12,21-22H2,1-3H3. The van der Waals surface area contributed by atoms with Gasteiger partial charge in [0.2, 0.25) is 0 Å². The zero-order valence-corrected chi connectivity index (χ0v) is 19.7. The Hall–Kier alpha value is -2.13. The Bertz CT molecular complexity index is 734. The molecule has 2 aromatic rings. The number of carbonyl (C=O) groups is 1. The van der Waals surface area contributed by atoms with Gasteiger partial charge in [0.15, 0.2) is 5.78 Å². The zero-order valence-electron chi connectivity index (χ0n) is 19.7. The highest BCUT2D eigenvalue weighted by molar-refractivity contribution is 5.99. The molecule has 0 radical (unpaired) electrons. The summed E-state index contributed by atoms with van der Waals surface area (Å²) in [6, 6.07) is 16.0. The summed E-state index contributed by atoms with van der Waals surface area (Å²) >= 11 is 0. The number of rotatable bonds is 16. The topological polar surface area (TPSA) is 35.5 Å². The molecule has 0 heterocycles. The maximum atomic E-state index is 12.6. The number of ether oxygens (including phenoxy) is 2. The summed E-state index contributed by atoms with van der Waals surface area (Å²) in [7, 11) is 0. The summed E-state index contributed by atoms with van der Waals surface area (Å²) in [5.74, 6) is 0.959. The molecular formula is C28H40O3. The monoisotopic (exact) mass is 424 g/mol. The molecule has 0 aliphatic rings. The van der Waals surface area contributed by atoms with Gasteiger partial charge in [0.25, 0.3) is 0 Å². The Morgan fingerprint density at radius 3 is 1.84 bits per heavy atom. The van der Waals surface area contributed by atoms with Gasteiger partial charge in [-0.25, -0.2) is 0 Å². The second-order valence-corrected chi connectivity index (χ2v) is 8.30. The molecule has 0 spiro atoms. The van der Waals surface area contributed by atoms with Crippen molar-refractivity contribution in [1.82, 2.24) is 0 Å². The van der Waals surface area contributed by atoms with E-state index in [1.807, 2.05) is 43.3 Å². The molecule has 0 aliphatic carbocycles. The molecule has 1 unspecified atom stereocenters. The van der Waals surface area contributed by atoms with Crippen molar-refractivity contribution in [2.75, 3.05) is 13.2 Å². The summed E-state index contributed by atoms with van der Waals surface area (Å²) in [5, 5.41) is 0. The Kier molecular flexibility index (Phi) is 12.0. The number of benzene rings is 2. The van der Waals surface area contributed by atoms with E-state index >= 15 is 0 Å². The van der Waals surface area contributed by atoms with Crippen molar-refractivity contribution in [2.45, 2.75) is 84.7 Å². The van der Waals surface area contributed by atoms with Crippen molar-refractivity contribution in [3.05, 3.63) is 54.1 Å². The first-order chi connectivity index (χ1) is 15.2. The van der Waals surface area contributed by atoms with E-state index in [-0.39, 0.29) is 5.78 Å². The third-order valence-electron chi connectivity index (χ3n) is 5.61. The van der Waals surface area contributed by atoms with Crippen LogP contribution in [-0.4, -0.2) is 25.1 Å². The molecule has 0 fully saturated rings. The van der Waals surface area contributed by atoms with Crippen LogP contribution in [0.25, 0.3) is 11.1 Å². The molecule has 31 heavy (non-hydrogen) atoms. The van der Waals surface area contributed by atoms with Crippen LogP contribution in [-0.2, 0) is 4.74 Å². The van der Waals surface area contributed by atoms with Crippen LogP contribution in [0.15, 0.2) is 48.5 Å². The van der Waals surface area contributed by atoms with Gasteiger partial charge in [0.05, 0.1) is 6.61 Å². The quantitative estimate of drug-likeness (QED) is 0.203. The summed E-state index contributed by atoms with van der Waals surface area (Å²) in [5.41, 5.74) is 2.91. The highest BCUT2D eigenvalue weighted by atomic mass is 16.5. The molecule has 2 rings (SSSR count). The van der Waals surface area contributed by atoms with Gasteiger partial charge in [-0.2, -0.15) is 0 Å². The molecule has 1 atom stereocenters. The molecular weight excluding hydrogens is 384 g/mol. The number of hydrogen-bond donors (Lipinski definition) is 0. The fraction of sp³-hybridized carbons (Fsp3) is 0.536. The van der Waals surface area contributed by atoms with Crippen LogP contribution in [0.2, 0.25) is 0 Å². The van der Waals surface area contributed by atoms with Crippen LogP contribution in [0, 0.1) is 0 Å². The van der Waals surface area contributed by atoms with Crippen LogP contribution < -0.4 is 4.74 Å². The molecule has 0 saturated heterocycles. The summed E-state index contributed by atoms with van der Waals surface area (Å²) in [6.07, 6.45) is 10.4. The zero-order chi connectivity index (χ0) is 22.3. The van der Waals surface area contributed by atoms with Crippen molar-refractivity contribution in [3.8, 4) is 16.9 Å². The molecule has 0 aromatic heterocycles. The predicted molar refractivity (Wildman–Crippen MR) is 130 cm³/mol. The second-order valence-electron chi connectivity index (χ2n) is 8.30. The van der Waals surface area contributed by atoms with Crippen LogP contribution in [0.3, 0.4) is 0 Å². The molecule has 0 bridgehead atoms. The number of carbonyl (C=O) groups excluding carboxylic acids is 1. The lowest BCUT2D eigenvalue weighted by Gasteiger charge is -2.12. The van der Waals surface area contributed by atoms with Gasteiger partial charge in [-0.1, -0.05) is 95.2 Å². The molecule has 0 N–H and O–H groups in total. The Morgan fingerprint density at radius 1 is 0.710 bits per heavy atom. The van der Waals surface area contributed by atoms with Gasteiger partial charge in [-0.15, -0.1) is 0 Å². The lowest BCUT2D eigenvalue weighted by atomic mass is 10.0. The van der Waals surface area contributed by atoms with E-state index in [0.29, 0.717) is 12.2 Å². The van der Waals surface area contributed by atoms with Gasteiger partial charge in [-0.3, -0.25) is 4.79 Å². The highest BCUT2D eigenvalue weighted by Crippen LogP contribution is 2.23. The molecule has 3 nitrogen and oxygen atoms in total. The average molecular weight is 425 g/mol. The summed E-state index contributed by atoms with van der Waals surface area (Å²) < 4.78 is 11.6. The highest BCUT2D eigenvalue weighted by Gasteiger charge is 2.15. The van der Waals surface area contributed by atoms with E-state index in [9.17, 15) is 4.79 Å². The molecule has 3 heteroatoms. The van der Waals surface area contributed by atoms with Crippen LogP contribution in [0.4, 0.5) is 0 Å². The maximum absolute atomic E-state index is 12.6. The Morgan fingerprint density at radius 2 is 1.23 bits per heavy atom. The molecule has 0 aliphatic heterocycles. The fourth-order valence-corrected chi connectivity index (χ4v) is 3.57. The van der Waals surface area contributed by atoms with Gasteiger partial charge < -0.3 is 9.47 Å². The van der Waals surface area contributed by atoms with Gasteiger partial charge in [0, 0.05) is 12.2 Å². The average Bonchev–Trinajstić information content (AvgIpc) is 2.81. The van der Waals surface area contributed by atoms with E-state index < -0.39 is 6.10 Å². The van der Waals surface area contributed by atoms with Crippen molar-refractivity contribution >= 4 is 5.78 Å². The van der Waals surface area contributed by atoms with Crippen LogP contribution in [0.1, 0.15) is 88.9 Å². The third kappa shape index (κ3) is 9.26. The first-order valence-electron chi connectivity index (χ1n) is 12.1. The molecule has 0 amide bonds. The van der Waals surface area contributed by atoms with Gasteiger partial charge in [0.1, 0.15) is 11.9 Å². The normalized spacial score (nSPS) is 12.0. The minimum absolute atomic E-state index is 0.0460.